The van der Waals surface area contributed by atoms with Crippen molar-refractivity contribution in [2.75, 3.05) is 0 Å². The minimum atomic E-state index is -4.42. The van der Waals surface area contributed by atoms with Crippen molar-refractivity contribution in [3.63, 3.8) is 0 Å². The Hall–Kier alpha value is -1.13. The zero-order valence-electron chi connectivity index (χ0n) is 6.73. The molecule has 0 bridgehead atoms. The van der Waals surface area contributed by atoms with E-state index < -0.39 is 12.0 Å². The lowest BCUT2D eigenvalue weighted by Crippen LogP contribution is -2.12. The van der Waals surface area contributed by atoms with Crippen molar-refractivity contribution < 1.29 is 13.2 Å². The number of rotatable bonds is 0. The zero-order valence-corrected chi connectivity index (χ0v) is 6.73. The number of aryl methyl sites for hydroxylation is 2. The van der Waals surface area contributed by atoms with Crippen LogP contribution in [0.2, 0.25) is 0 Å². The average Bonchev–Trinajstić information content (AvgIpc) is 2.47. The van der Waals surface area contributed by atoms with Crippen LogP contribution in [0, 0.1) is 0 Å². The second kappa shape index (κ2) is 2.68. The Morgan fingerprint density at radius 3 is 2.69 bits per heavy atom. The summed E-state index contributed by atoms with van der Waals surface area (Å²) in [6.45, 7) is 0. The van der Waals surface area contributed by atoms with Gasteiger partial charge >= 0.3 is 6.18 Å². The fourth-order valence-electron chi connectivity index (χ4n) is 1.45. The van der Waals surface area contributed by atoms with E-state index >= 15 is 0 Å². The van der Waals surface area contributed by atoms with Crippen LogP contribution in [-0.4, -0.2) is 9.97 Å². The number of fused-ring (bicyclic) bond motifs is 1. The highest BCUT2D eigenvalue weighted by atomic mass is 19.4. The summed E-state index contributed by atoms with van der Waals surface area (Å²) in [4.78, 5) is 6.77. The van der Waals surface area contributed by atoms with Crippen molar-refractivity contribution in [1.82, 2.24) is 9.97 Å². The predicted octanol–water partition coefficient (Wildman–Crippen LogP) is 1.98. The molecule has 2 nitrogen and oxygen atoms in total. The lowest BCUT2D eigenvalue weighted by molar-refractivity contribution is -0.145. The molecule has 0 N–H and O–H groups in total. The smallest absolute Gasteiger partial charge is 0.233 e. The first-order valence-electron chi connectivity index (χ1n) is 3.99. The summed E-state index contributed by atoms with van der Waals surface area (Å²) in [5, 5.41) is 0. The molecule has 0 amide bonds. The van der Waals surface area contributed by atoms with E-state index in [9.17, 15) is 13.2 Å². The number of alkyl halides is 3. The van der Waals surface area contributed by atoms with E-state index in [-0.39, 0.29) is 0 Å². The van der Waals surface area contributed by atoms with Gasteiger partial charge in [0.1, 0.15) is 0 Å². The Kier molecular flexibility index (Phi) is 1.75. The summed E-state index contributed by atoms with van der Waals surface area (Å²) < 4.78 is 36.4. The molecule has 0 unspecified atom stereocenters. The Morgan fingerprint density at radius 2 is 2.00 bits per heavy atom. The van der Waals surface area contributed by atoms with E-state index in [1.807, 2.05) is 0 Å². The second-order valence-corrected chi connectivity index (χ2v) is 3.02. The molecule has 5 heteroatoms. The minimum Gasteiger partial charge on any atom is -0.233 e. The van der Waals surface area contributed by atoms with Gasteiger partial charge in [0.05, 0.1) is 0 Å². The molecule has 0 saturated carbocycles. The summed E-state index contributed by atoms with van der Waals surface area (Å²) in [6.07, 6.45) is -0.810. The van der Waals surface area contributed by atoms with Gasteiger partial charge in [0, 0.05) is 11.9 Å². The SMILES string of the molecule is FC(F)(F)c1ncc2c(n1)CCC2. The van der Waals surface area contributed by atoms with Crippen molar-refractivity contribution >= 4 is 0 Å². The summed E-state index contributed by atoms with van der Waals surface area (Å²) in [7, 11) is 0. The summed E-state index contributed by atoms with van der Waals surface area (Å²) >= 11 is 0. The van der Waals surface area contributed by atoms with Gasteiger partial charge in [0.15, 0.2) is 0 Å². The Bertz CT molecular complexity index is 333. The van der Waals surface area contributed by atoms with Crippen molar-refractivity contribution in [3.05, 3.63) is 23.3 Å². The number of hydrogen-bond donors (Lipinski definition) is 0. The molecule has 0 spiro atoms. The third kappa shape index (κ3) is 1.50. The molecular formula is C8H7F3N2. The molecule has 1 aliphatic carbocycles. The van der Waals surface area contributed by atoms with Crippen LogP contribution in [0.25, 0.3) is 0 Å². The van der Waals surface area contributed by atoms with E-state index in [0.717, 1.165) is 18.4 Å². The Balaban J connectivity index is 2.42. The van der Waals surface area contributed by atoms with Crippen LogP contribution >= 0.6 is 0 Å². The van der Waals surface area contributed by atoms with Crippen LogP contribution in [0.4, 0.5) is 13.2 Å². The van der Waals surface area contributed by atoms with Gasteiger partial charge in [-0.15, -0.1) is 0 Å². The maximum absolute atomic E-state index is 12.1. The van der Waals surface area contributed by atoms with Gasteiger partial charge in [0.25, 0.3) is 0 Å². The minimum absolute atomic E-state index is 0.558. The van der Waals surface area contributed by atoms with Gasteiger partial charge in [-0.05, 0) is 24.8 Å². The highest BCUT2D eigenvalue weighted by Crippen LogP contribution is 2.28. The van der Waals surface area contributed by atoms with Crippen molar-refractivity contribution in [2.45, 2.75) is 25.4 Å². The van der Waals surface area contributed by atoms with Crippen LogP contribution in [0.5, 0.6) is 0 Å². The molecule has 2 rings (SSSR count). The monoisotopic (exact) mass is 188 g/mol. The van der Waals surface area contributed by atoms with Gasteiger partial charge in [-0.3, -0.25) is 0 Å². The normalized spacial score (nSPS) is 15.9. The first kappa shape index (κ1) is 8.47. The van der Waals surface area contributed by atoms with Crippen LogP contribution < -0.4 is 0 Å². The number of halogens is 3. The zero-order chi connectivity index (χ0) is 9.47. The van der Waals surface area contributed by atoms with Crippen LogP contribution in [-0.2, 0) is 19.0 Å². The molecule has 0 aromatic carbocycles. The third-order valence-corrected chi connectivity index (χ3v) is 2.07. The fraction of sp³-hybridized carbons (Fsp3) is 0.500. The molecule has 0 fully saturated rings. The highest BCUT2D eigenvalue weighted by molar-refractivity contribution is 5.22. The Labute approximate surface area is 72.8 Å². The Morgan fingerprint density at radius 1 is 1.23 bits per heavy atom. The van der Waals surface area contributed by atoms with Crippen molar-refractivity contribution in [2.24, 2.45) is 0 Å². The average molecular weight is 188 g/mol. The first-order valence-corrected chi connectivity index (χ1v) is 3.99. The molecule has 70 valence electrons. The van der Waals surface area contributed by atoms with E-state index in [4.69, 9.17) is 0 Å². The quantitative estimate of drug-likeness (QED) is 0.622. The van der Waals surface area contributed by atoms with Gasteiger partial charge in [0.2, 0.25) is 5.82 Å². The van der Waals surface area contributed by atoms with E-state index in [1.54, 1.807) is 0 Å². The van der Waals surface area contributed by atoms with Crippen LogP contribution in [0.3, 0.4) is 0 Å². The summed E-state index contributed by atoms with van der Waals surface area (Å²) in [5.41, 5.74) is 1.41. The van der Waals surface area contributed by atoms with Gasteiger partial charge in [-0.1, -0.05) is 0 Å². The second-order valence-electron chi connectivity index (χ2n) is 3.02. The number of hydrogen-bond acceptors (Lipinski definition) is 2. The molecule has 1 aromatic heterocycles. The number of aromatic nitrogens is 2. The van der Waals surface area contributed by atoms with Gasteiger partial charge < -0.3 is 0 Å². The fourth-order valence-corrected chi connectivity index (χ4v) is 1.45. The molecule has 1 aromatic rings. The summed E-state index contributed by atoms with van der Waals surface area (Å²) in [5.74, 6) is -1.02. The largest absolute Gasteiger partial charge is 0.451 e. The molecular weight excluding hydrogens is 181 g/mol. The lowest BCUT2D eigenvalue weighted by Gasteiger charge is -2.05. The molecule has 0 radical (unpaired) electrons. The van der Waals surface area contributed by atoms with Gasteiger partial charge in [-0.2, -0.15) is 13.2 Å². The van der Waals surface area contributed by atoms with Gasteiger partial charge in [-0.25, -0.2) is 9.97 Å². The van der Waals surface area contributed by atoms with Crippen molar-refractivity contribution in [1.29, 1.82) is 0 Å². The van der Waals surface area contributed by atoms with E-state index in [0.29, 0.717) is 12.1 Å². The molecule has 0 saturated heterocycles. The molecule has 0 atom stereocenters. The van der Waals surface area contributed by atoms with E-state index in [2.05, 4.69) is 9.97 Å². The van der Waals surface area contributed by atoms with Crippen LogP contribution in [0.1, 0.15) is 23.5 Å². The predicted molar refractivity (Wildman–Crippen MR) is 39.1 cm³/mol. The lowest BCUT2D eigenvalue weighted by atomic mass is 10.3. The first-order chi connectivity index (χ1) is 6.07. The number of nitrogens with zero attached hydrogens (tertiary/aromatic N) is 2. The maximum Gasteiger partial charge on any atom is 0.451 e. The van der Waals surface area contributed by atoms with Crippen LogP contribution in [0.15, 0.2) is 6.20 Å². The molecule has 1 aliphatic rings. The van der Waals surface area contributed by atoms with E-state index in [1.165, 1.54) is 6.20 Å². The standard InChI is InChI=1S/C8H7F3N2/c9-8(10,11)7-12-4-5-2-1-3-6(5)13-7/h4H,1-3H2. The molecule has 1 heterocycles. The summed E-state index contributed by atoms with van der Waals surface area (Å²) in [6, 6.07) is 0. The third-order valence-electron chi connectivity index (χ3n) is 2.07. The van der Waals surface area contributed by atoms with Crippen molar-refractivity contribution in [3.8, 4) is 0 Å². The highest BCUT2D eigenvalue weighted by Gasteiger charge is 2.35. The topological polar surface area (TPSA) is 25.8 Å². The maximum atomic E-state index is 12.1. The molecule has 13 heavy (non-hydrogen) atoms. The molecule has 0 aliphatic heterocycles.